The van der Waals surface area contributed by atoms with Gasteiger partial charge in [0.05, 0.1) is 17.0 Å². The molecular formula is C27H22ClN3O2. The molecule has 3 aromatic carbocycles. The summed E-state index contributed by atoms with van der Waals surface area (Å²) in [6, 6.07) is 29.4. The van der Waals surface area contributed by atoms with Crippen LogP contribution in [0.15, 0.2) is 103 Å². The molecule has 0 saturated carbocycles. The predicted octanol–water partition coefficient (Wildman–Crippen LogP) is 1.89. The minimum Gasteiger partial charge on any atom is -1.00 e. The number of H-pyrrole nitrogens is 1. The molecule has 0 spiro atoms. The number of carbonyl (C=O) groups is 1. The van der Waals surface area contributed by atoms with E-state index in [4.69, 9.17) is 4.74 Å². The Morgan fingerprint density at radius 2 is 1.70 bits per heavy atom. The topological polar surface area (TPSA) is 58.9 Å². The Hall–Kier alpha value is -3.96. The third-order valence-electron chi connectivity index (χ3n) is 5.45. The van der Waals surface area contributed by atoms with Crippen LogP contribution in [0.4, 0.5) is 0 Å². The molecule has 33 heavy (non-hydrogen) atoms. The van der Waals surface area contributed by atoms with E-state index in [2.05, 4.69) is 34.5 Å². The van der Waals surface area contributed by atoms with Crippen molar-refractivity contribution in [1.29, 1.82) is 0 Å². The van der Waals surface area contributed by atoms with Gasteiger partial charge in [-0.1, -0.05) is 54.6 Å². The van der Waals surface area contributed by atoms with Crippen LogP contribution in [0, 0.1) is 0 Å². The molecule has 0 bridgehead atoms. The zero-order valence-corrected chi connectivity index (χ0v) is 18.5. The van der Waals surface area contributed by atoms with Crippen molar-refractivity contribution in [3.05, 3.63) is 115 Å². The normalized spacial score (nSPS) is 11.5. The maximum absolute atomic E-state index is 12.1. The molecule has 5 rings (SSSR count). The molecule has 1 unspecified atom stereocenters. The third kappa shape index (κ3) is 4.94. The van der Waals surface area contributed by atoms with Crippen molar-refractivity contribution in [3.8, 4) is 17.0 Å². The van der Waals surface area contributed by atoms with Gasteiger partial charge in [0.15, 0.2) is 18.7 Å². The second-order valence-electron chi connectivity index (χ2n) is 7.61. The Balaban J connectivity index is 0.00000259. The molecule has 0 saturated heterocycles. The molecule has 0 fully saturated rings. The van der Waals surface area contributed by atoms with E-state index in [-0.39, 0.29) is 12.4 Å². The minimum absolute atomic E-state index is 0. The average molecular weight is 456 g/mol. The van der Waals surface area contributed by atoms with Crippen LogP contribution < -0.4 is 21.7 Å². The summed E-state index contributed by atoms with van der Waals surface area (Å²) in [4.78, 5) is 12.1. The lowest BCUT2D eigenvalue weighted by molar-refractivity contribution is -0.698. The van der Waals surface area contributed by atoms with Crippen LogP contribution in [-0.2, 0) is 11.4 Å². The molecule has 0 aliphatic carbocycles. The fraction of sp³-hybridized carbons (Fsp3) is 0.0741. The summed E-state index contributed by atoms with van der Waals surface area (Å²) >= 11 is 0. The number of hydrogen-bond acceptors (Lipinski definition) is 3. The van der Waals surface area contributed by atoms with Crippen LogP contribution in [0.2, 0.25) is 0 Å². The summed E-state index contributed by atoms with van der Waals surface area (Å²) in [5.41, 5.74) is 3.54. The fourth-order valence-electron chi connectivity index (χ4n) is 3.79. The van der Waals surface area contributed by atoms with Crippen LogP contribution >= 0.6 is 0 Å². The number of carbonyl (C=O) groups excluding carboxylic acids is 1. The van der Waals surface area contributed by atoms with Gasteiger partial charge in [-0.25, -0.2) is 0 Å². The second kappa shape index (κ2) is 10.1. The van der Waals surface area contributed by atoms with Gasteiger partial charge in [0, 0.05) is 11.6 Å². The largest absolute Gasteiger partial charge is 1.00 e. The van der Waals surface area contributed by atoms with Crippen molar-refractivity contribution in [2.24, 2.45) is 0 Å². The lowest BCUT2D eigenvalue weighted by Gasteiger charge is -2.08. The van der Waals surface area contributed by atoms with Crippen molar-refractivity contribution >= 4 is 17.1 Å². The number of halogens is 1. The van der Waals surface area contributed by atoms with E-state index in [1.54, 1.807) is 0 Å². The lowest BCUT2D eigenvalue weighted by atomic mass is 10.0. The first-order valence-corrected chi connectivity index (χ1v) is 10.5. The van der Waals surface area contributed by atoms with E-state index < -0.39 is 6.04 Å². The first-order valence-electron chi connectivity index (χ1n) is 10.5. The molecule has 0 radical (unpaired) electrons. The van der Waals surface area contributed by atoms with E-state index >= 15 is 0 Å². The molecular weight excluding hydrogens is 434 g/mol. The van der Waals surface area contributed by atoms with Gasteiger partial charge in [0.2, 0.25) is 6.04 Å². The molecule has 0 aliphatic heterocycles. The van der Waals surface area contributed by atoms with Crippen LogP contribution in [0.25, 0.3) is 22.0 Å². The standard InChI is InChI=1S/C27H22N3O2.ClH/c31-18-27(22-13-12-20-7-4-5-8-21(20)15-22)30-14-6-9-23(17-30)26-16-24(28-29-26)19-32-25-10-2-1-3-11-25;/h1-18,27H,19H2,(H,28,29);1H/q+1;/p-1. The quantitative estimate of drug-likeness (QED) is 0.301. The zero-order valence-electron chi connectivity index (χ0n) is 17.8. The maximum Gasteiger partial charge on any atom is 0.238 e. The van der Waals surface area contributed by atoms with E-state index in [0.29, 0.717) is 6.61 Å². The summed E-state index contributed by atoms with van der Waals surface area (Å²) in [5, 5.41) is 9.74. The first kappa shape index (κ1) is 22.2. The number of aldehydes is 1. The van der Waals surface area contributed by atoms with Crippen molar-refractivity contribution in [2.45, 2.75) is 12.6 Å². The summed E-state index contributed by atoms with van der Waals surface area (Å²) in [6.07, 6.45) is 4.83. The number of ether oxygens (including phenoxy) is 1. The van der Waals surface area contributed by atoms with Crippen LogP contribution in [-0.4, -0.2) is 16.5 Å². The predicted molar refractivity (Wildman–Crippen MR) is 123 cm³/mol. The first-order chi connectivity index (χ1) is 15.8. The number of pyridine rings is 1. The highest BCUT2D eigenvalue weighted by Gasteiger charge is 2.21. The Labute approximate surface area is 198 Å². The number of aromatic amines is 1. The third-order valence-corrected chi connectivity index (χ3v) is 5.45. The highest BCUT2D eigenvalue weighted by atomic mass is 35.5. The van der Waals surface area contributed by atoms with Crippen LogP contribution in [0.1, 0.15) is 17.3 Å². The van der Waals surface area contributed by atoms with Gasteiger partial charge < -0.3 is 17.1 Å². The van der Waals surface area contributed by atoms with E-state index in [9.17, 15) is 4.79 Å². The Bertz CT molecular complexity index is 1370. The number of rotatable bonds is 7. The summed E-state index contributed by atoms with van der Waals surface area (Å²) in [6.45, 7) is 0.401. The van der Waals surface area contributed by atoms with Gasteiger partial charge in [-0.15, -0.1) is 0 Å². The summed E-state index contributed by atoms with van der Waals surface area (Å²) < 4.78 is 7.71. The molecule has 5 aromatic rings. The summed E-state index contributed by atoms with van der Waals surface area (Å²) in [7, 11) is 0. The van der Waals surface area contributed by atoms with Crippen molar-refractivity contribution in [1.82, 2.24) is 10.2 Å². The number of nitrogens with zero attached hydrogens (tertiary/aromatic N) is 2. The van der Waals surface area contributed by atoms with Crippen molar-refractivity contribution < 1.29 is 26.5 Å². The number of benzene rings is 3. The van der Waals surface area contributed by atoms with Crippen molar-refractivity contribution in [2.75, 3.05) is 0 Å². The SMILES string of the molecule is O=CC(c1ccc2ccccc2c1)[n+]1cccc(-c2cc(COc3ccccc3)[nH]n2)c1.[Cl-]. The van der Waals surface area contributed by atoms with E-state index in [1.807, 2.05) is 83.7 Å². The Morgan fingerprint density at radius 1 is 0.909 bits per heavy atom. The smallest absolute Gasteiger partial charge is 0.238 e. The molecule has 2 aromatic heterocycles. The van der Waals surface area contributed by atoms with Gasteiger partial charge in [-0.2, -0.15) is 9.67 Å². The number of fused-ring (bicyclic) bond motifs is 1. The van der Waals surface area contributed by atoms with Crippen LogP contribution in [0.3, 0.4) is 0 Å². The highest BCUT2D eigenvalue weighted by Crippen LogP contribution is 2.21. The number of nitrogens with one attached hydrogen (secondary N) is 1. The van der Waals surface area contributed by atoms with Gasteiger partial charge in [-0.3, -0.25) is 9.89 Å². The number of para-hydroxylation sites is 1. The summed E-state index contributed by atoms with van der Waals surface area (Å²) in [5.74, 6) is 0.811. The van der Waals surface area contributed by atoms with Gasteiger partial charge in [0.1, 0.15) is 12.4 Å². The molecule has 1 N–H and O–H groups in total. The monoisotopic (exact) mass is 455 g/mol. The van der Waals surface area contributed by atoms with E-state index in [1.165, 1.54) is 0 Å². The van der Waals surface area contributed by atoms with E-state index in [0.717, 1.165) is 45.3 Å². The highest BCUT2D eigenvalue weighted by molar-refractivity contribution is 5.83. The fourth-order valence-corrected chi connectivity index (χ4v) is 3.79. The molecule has 0 amide bonds. The maximum atomic E-state index is 12.1. The molecule has 164 valence electrons. The average Bonchev–Trinajstić information content (AvgIpc) is 3.33. The molecule has 2 heterocycles. The molecule has 5 nitrogen and oxygen atoms in total. The zero-order chi connectivity index (χ0) is 21.8. The molecule has 6 heteroatoms. The minimum atomic E-state index is -0.417. The number of hydrogen-bond donors (Lipinski definition) is 1. The van der Waals surface area contributed by atoms with Gasteiger partial charge in [0.25, 0.3) is 0 Å². The number of aromatic nitrogens is 3. The van der Waals surface area contributed by atoms with Crippen LogP contribution in [0.5, 0.6) is 5.75 Å². The Kier molecular flexibility index (Phi) is 6.81. The second-order valence-corrected chi connectivity index (χ2v) is 7.61. The molecule has 0 aliphatic rings. The molecule has 1 atom stereocenters. The van der Waals surface area contributed by atoms with Gasteiger partial charge in [-0.05, 0) is 41.1 Å². The van der Waals surface area contributed by atoms with Crippen molar-refractivity contribution in [3.63, 3.8) is 0 Å². The Morgan fingerprint density at radius 3 is 2.52 bits per heavy atom. The lowest BCUT2D eigenvalue weighted by Crippen LogP contribution is -3.00. The van der Waals surface area contributed by atoms with Gasteiger partial charge >= 0.3 is 0 Å².